The Morgan fingerprint density at radius 3 is 2.84 bits per heavy atom. The molecule has 0 unspecified atom stereocenters. The number of hydrogen-bond donors (Lipinski definition) is 2. The van der Waals surface area contributed by atoms with Gasteiger partial charge in [-0.15, -0.1) is 11.8 Å². The van der Waals surface area contributed by atoms with Gasteiger partial charge >= 0.3 is 0 Å². The van der Waals surface area contributed by atoms with Gasteiger partial charge in [0.2, 0.25) is 0 Å². The summed E-state index contributed by atoms with van der Waals surface area (Å²) in [6.07, 6.45) is 5.32. The predicted molar refractivity (Wildman–Crippen MR) is 73.0 cm³/mol. The van der Waals surface area contributed by atoms with Crippen molar-refractivity contribution in [2.24, 2.45) is 0 Å². The van der Waals surface area contributed by atoms with Crippen LogP contribution in [0.15, 0.2) is 17.4 Å². The smallest absolute Gasteiger partial charge is 0.256 e. The molecule has 2 aromatic heterocycles. The fourth-order valence-corrected chi connectivity index (χ4v) is 2.40. The van der Waals surface area contributed by atoms with Crippen molar-refractivity contribution < 1.29 is 4.79 Å². The van der Waals surface area contributed by atoms with E-state index >= 15 is 0 Å². The summed E-state index contributed by atoms with van der Waals surface area (Å²) in [4.78, 5) is 20.8. The van der Waals surface area contributed by atoms with Crippen molar-refractivity contribution in [1.29, 1.82) is 0 Å². The molecule has 6 nitrogen and oxygen atoms in total. The van der Waals surface area contributed by atoms with Gasteiger partial charge in [0.25, 0.3) is 5.91 Å². The zero-order valence-corrected chi connectivity index (χ0v) is 11.8. The molecule has 0 saturated heterocycles. The molecule has 0 aliphatic rings. The van der Waals surface area contributed by atoms with E-state index in [2.05, 4.69) is 25.5 Å². The Labute approximate surface area is 115 Å². The first kappa shape index (κ1) is 13.5. The van der Waals surface area contributed by atoms with E-state index in [1.165, 1.54) is 11.8 Å². The average Bonchev–Trinajstić information content (AvgIpc) is 2.88. The molecule has 0 atom stereocenters. The number of thioether (sulfide) groups is 1. The molecule has 2 rings (SSSR count). The normalized spacial score (nSPS) is 10.5. The standard InChI is InChI=1S/C12H15N5OS/c1-7-10(12(19-3)17-8(2)16-7)11(18)13-4-9-5-14-15-6-9/h5-6H,4H2,1-3H3,(H,13,18)(H,14,15). The lowest BCUT2D eigenvalue weighted by Gasteiger charge is -2.10. The molecule has 0 spiro atoms. The van der Waals surface area contributed by atoms with Crippen LogP contribution in [-0.4, -0.2) is 32.3 Å². The second-order valence-electron chi connectivity index (χ2n) is 4.03. The van der Waals surface area contributed by atoms with Crippen molar-refractivity contribution in [2.45, 2.75) is 25.4 Å². The molecule has 0 saturated carbocycles. The van der Waals surface area contributed by atoms with E-state index in [9.17, 15) is 4.79 Å². The lowest BCUT2D eigenvalue weighted by molar-refractivity contribution is 0.0946. The van der Waals surface area contributed by atoms with Crippen molar-refractivity contribution in [3.63, 3.8) is 0 Å². The zero-order chi connectivity index (χ0) is 13.8. The first-order valence-electron chi connectivity index (χ1n) is 5.77. The molecular weight excluding hydrogens is 262 g/mol. The number of hydrogen-bond acceptors (Lipinski definition) is 5. The first-order valence-corrected chi connectivity index (χ1v) is 6.99. The number of amides is 1. The molecule has 0 aliphatic heterocycles. The van der Waals surface area contributed by atoms with Crippen LogP contribution >= 0.6 is 11.8 Å². The topological polar surface area (TPSA) is 83.6 Å². The second-order valence-corrected chi connectivity index (χ2v) is 4.82. The van der Waals surface area contributed by atoms with Gasteiger partial charge in [-0.2, -0.15) is 5.10 Å². The molecule has 0 bridgehead atoms. The summed E-state index contributed by atoms with van der Waals surface area (Å²) in [6, 6.07) is 0. The number of nitrogens with zero attached hydrogens (tertiary/aromatic N) is 3. The van der Waals surface area contributed by atoms with Crippen molar-refractivity contribution in [3.8, 4) is 0 Å². The van der Waals surface area contributed by atoms with E-state index in [1.807, 2.05) is 20.1 Å². The molecule has 0 aliphatic carbocycles. The SMILES string of the molecule is CSc1nc(C)nc(C)c1C(=O)NCc1cn[nH]c1. The molecule has 19 heavy (non-hydrogen) atoms. The summed E-state index contributed by atoms with van der Waals surface area (Å²) in [5.41, 5.74) is 2.16. The third-order valence-corrected chi connectivity index (χ3v) is 3.28. The van der Waals surface area contributed by atoms with Gasteiger partial charge in [0.1, 0.15) is 10.9 Å². The monoisotopic (exact) mass is 277 g/mol. The Bertz CT molecular complexity index is 582. The number of carbonyl (C=O) groups excluding carboxylic acids is 1. The Hall–Kier alpha value is -1.89. The predicted octanol–water partition coefficient (Wildman–Crippen LogP) is 1.47. The molecule has 0 fully saturated rings. The van der Waals surface area contributed by atoms with Crippen LogP contribution in [0.4, 0.5) is 0 Å². The van der Waals surface area contributed by atoms with Crippen LogP contribution < -0.4 is 5.32 Å². The third kappa shape index (κ3) is 3.11. The molecule has 7 heteroatoms. The number of aromatic nitrogens is 4. The van der Waals surface area contributed by atoms with Crippen LogP contribution in [0.3, 0.4) is 0 Å². The quantitative estimate of drug-likeness (QED) is 0.653. The van der Waals surface area contributed by atoms with E-state index in [-0.39, 0.29) is 5.91 Å². The maximum Gasteiger partial charge on any atom is 0.256 e. The van der Waals surface area contributed by atoms with E-state index in [1.54, 1.807) is 12.4 Å². The molecule has 2 heterocycles. The van der Waals surface area contributed by atoms with Crippen LogP contribution in [0.2, 0.25) is 0 Å². The van der Waals surface area contributed by atoms with Gasteiger partial charge in [0.15, 0.2) is 0 Å². The molecule has 0 aromatic carbocycles. The number of carbonyl (C=O) groups is 1. The van der Waals surface area contributed by atoms with Crippen LogP contribution in [0, 0.1) is 13.8 Å². The summed E-state index contributed by atoms with van der Waals surface area (Å²) in [5.74, 6) is 0.510. The van der Waals surface area contributed by atoms with Gasteiger partial charge in [-0.05, 0) is 20.1 Å². The van der Waals surface area contributed by atoms with Gasteiger partial charge < -0.3 is 5.32 Å². The Kier molecular flexibility index (Phi) is 4.16. The van der Waals surface area contributed by atoms with E-state index in [0.717, 1.165) is 5.56 Å². The Morgan fingerprint density at radius 2 is 2.21 bits per heavy atom. The van der Waals surface area contributed by atoms with Crippen molar-refractivity contribution in [2.75, 3.05) is 6.26 Å². The number of rotatable bonds is 4. The summed E-state index contributed by atoms with van der Waals surface area (Å²) >= 11 is 1.44. The Morgan fingerprint density at radius 1 is 1.42 bits per heavy atom. The maximum absolute atomic E-state index is 12.2. The molecule has 100 valence electrons. The minimum atomic E-state index is -0.164. The fraction of sp³-hybridized carbons (Fsp3) is 0.333. The molecule has 2 N–H and O–H groups in total. The second kappa shape index (κ2) is 5.83. The highest BCUT2D eigenvalue weighted by atomic mass is 32.2. The number of aryl methyl sites for hydroxylation is 2. The van der Waals surface area contributed by atoms with Crippen molar-refractivity contribution >= 4 is 17.7 Å². The molecule has 1 amide bonds. The maximum atomic E-state index is 12.2. The van der Waals surface area contributed by atoms with Crippen molar-refractivity contribution in [3.05, 3.63) is 35.0 Å². The highest BCUT2D eigenvalue weighted by molar-refractivity contribution is 7.98. The zero-order valence-electron chi connectivity index (χ0n) is 11.0. The summed E-state index contributed by atoms with van der Waals surface area (Å²) in [6.45, 7) is 4.07. The minimum Gasteiger partial charge on any atom is -0.348 e. The average molecular weight is 277 g/mol. The van der Waals surface area contributed by atoms with Crippen LogP contribution in [-0.2, 0) is 6.54 Å². The van der Waals surface area contributed by atoms with Gasteiger partial charge in [-0.3, -0.25) is 9.89 Å². The number of H-pyrrole nitrogens is 1. The van der Waals surface area contributed by atoms with E-state index < -0.39 is 0 Å². The lowest BCUT2D eigenvalue weighted by Crippen LogP contribution is -2.25. The first-order chi connectivity index (χ1) is 9.11. The summed E-state index contributed by atoms with van der Waals surface area (Å²) in [5, 5.41) is 10.1. The van der Waals surface area contributed by atoms with Gasteiger partial charge in [0.05, 0.1) is 17.5 Å². The molecule has 0 radical (unpaired) electrons. The third-order valence-electron chi connectivity index (χ3n) is 2.60. The number of aromatic amines is 1. The van der Waals surface area contributed by atoms with E-state index in [4.69, 9.17) is 0 Å². The van der Waals surface area contributed by atoms with Crippen molar-refractivity contribution in [1.82, 2.24) is 25.5 Å². The van der Waals surface area contributed by atoms with Gasteiger partial charge in [0, 0.05) is 18.3 Å². The summed E-state index contributed by atoms with van der Waals surface area (Å²) in [7, 11) is 0. The highest BCUT2D eigenvalue weighted by Gasteiger charge is 2.17. The van der Waals surface area contributed by atoms with Gasteiger partial charge in [-0.1, -0.05) is 0 Å². The fourth-order valence-electron chi connectivity index (χ4n) is 1.74. The highest BCUT2D eigenvalue weighted by Crippen LogP contribution is 2.20. The lowest BCUT2D eigenvalue weighted by atomic mass is 10.2. The Balaban J connectivity index is 2.18. The van der Waals surface area contributed by atoms with Gasteiger partial charge in [-0.25, -0.2) is 9.97 Å². The molecular formula is C12H15N5OS. The van der Waals surface area contributed by atoms with Crippen LogP contribution in [0.25, 0.3) is 0 Å². The van der Waals surface area contributed by atoms with E-state index in [0.29, 0.717) is 28.7 Å². The van der Waals surface area contributed by atoms with Crippen LogP contribution in [0.1, 0.15) is 27.4 Å². The minimum absolute atomic E-state index is 0.164. The number of nitrogens with one attached hydrogen (secondary N) is 2. The molecule has 2 aromatic rings. The largest absolute Gasteiger partial charge is 0.348 e. The summed E-state index contributed by atoms with van der Waals surface area (Å²) < 4.78 is 0. The van der Waals surface area contributed by atoms with Crippen LogP contribution in [0.5, 0.6) is 0 Å².